The van der Waals surface area contributed by atoms with Gasteiger partial charge in [0.05, 0.1) is 5.69 Å². The first-order chi connectivity index (χ1) is 11.5. The number of ketones is 1. The van der Waals surface area contributed by atoms with Crippen LogP contribution >= 0.6 is 11.3 Å². The van der Waals surface area contributed by atoms with E-state index >= 15 is 0 Å². The number of benzene rings is 2. The van der Waals surface area contributed by atoms with Gasteiger partial charge in [-0.1, -0.05) is 47.2 Å². The fourth-order valence-electron chi connectivity index (χ4n) is 2.42. The maximum Gasteiger partial charge on any atom is 0.207 e. The van der Waals surface area contributed by atoms with Crippen LogP contribution in [0.1, 0.15) is 26.4 Å². The molecule has 0 fully saturated rings. The highest BCUT2D eigenvalue weighted by Crippen LogP contribution is 2.31. The summed E-state index contributed by atoms with van der Waals surface area (Å²) in [5.74, 6) is -0.429. The number of hydrogen-bond donors (Lipinski definition) is 2. The highest BCUT2D eigenvalue weighted by molar-refractivity contribution is 7.18. The number of aryl methyl sites for hydroxylation is 2. The van der Waals surface area contributed by atoms with Gasteiger partial charge in [-0.05, 0) is 31.5 Å². The van der Waals surface area contributed by atoms with Gasteiger partial charge in [0.25, 0.3) is 0 Å². The molecule has 24 heavy (non-hydrogen) atoms. The number of carbonyl (C=O) groups is 1. The van der Waals surface area contributed by atoms with Gasteiger partial charge in [-0.25, -0.2) is 9.37 Å². The molecular weight excluding hydrogens is 325 g/mol. The second kappa shape index (κ2) is 6.41. The van der Waals surface area contributed by atoms with Gasteiger partial charge >= 0.3 is 0 Å². The fraction of sp³-hybridized carbons (Fsp3) is 0.111. The lowest BCUT2D eigenvalue weighted by atomic mass is 10.0. The molecule has 0 aliphatic rings. The van der Waals surface area contributed by atoms with Crippen LogP contribution in [0.25, 0.3) is 0 Å². The number of hydrogen-bond acceptors (Lipinski definition) is 5. The van der Waals surface area contributed by atoms with E-state index in [-0.39, 0.29) is 17.3 Å². The molecule has 6 heteroatoms. The number of thiazole rings is 1. The third kappa shape index (κ3) is 3.14. The topological polar surface area (TPSA) is 68.0 Å². The average Bonchev–Trinajstić information content (AvgIpc) is 2.89. The quantitative estimate of drug-likeness (QED) is 0.688. The van der Waals surface area contributed by atoms with E-state index in [2.05, 4.69) is 10.3 Å². The Balaban J connectivity index is 1.91. The second-order valence-corrected chi connectivity index (χ2v) is 6.48. The molecule has 0 unspecified atom stereocenters. The number of nitrogen functional groups attached to an aromatic ring is 1. The van der Waals surface area contributed by atoms with Crippen molar-refractivity contribution in [3.05, 3.63) is 69.8 Å². The van der Waals surface area contributed by atoms with E-state index in [0.29, 0.717) is 15.6 Å². The van der Waals surface area contributed by atoms with Gasteiger partial charge < -0.3 is 11.1 Å². The van der Waals surface area contributed by atoms with Gasteiger partial charge in [-0.3, -0.25) is 4.79 Å². The number of rotatable bonds is 4. The van der Waals surface area contributed by atoms with E-state index in [1.54, 1.807) is 24.3 Å². The van der Waals surface area contributed by atoms with Crippen LogP contribution in [0.15, 0.2) is 42.5 Å². The van der Waals surface area contributed by atoms with E-state index in [4.69, 9.17) is 5.73 Å². The Labute approximate surface area is 143 Å². The summed E-state index contributed by atoms with van der Waals surface area (Å²) in [4.78, 5) is 17.2. The largest absolute Gasteiger partial charge is 0.382 e. The number of halogens is 1. The minimum Gasteiger partial charge on any atom is -0.382 e. The van der Waals surface area contributed by atoms with Crippen molar-refractivity contribution >= 4 is 33.8 Å². The Bertz CT molecular complexity index is 920. The molecule has 0 atom stereocenters. The predicted molar refractivity (Wildman–Crippen MR) is 95.6 cm³/mol. The van der Waals surface area contributed by atoms with Crippen molar-refractivity contribution in [3.8, 4) is 0 Å². The molecule has 122 valence electrons. The lowest BCUT2D eigenvalue weighted by molar-refractivity contribution is 0.104. The molecule has 3 rings (SSSR count). The average molecular weight is 341 g/mol. The van der Waals surface area contributed by atoms with Crippen molar-refractivity contribution in [3.63, 3.8) is 0 Å². The van der Waals surface area contributed by atoms with Crippen molar-refractivity contribution in [2.75, 3.05) is 11.1 Å². The molecule has 3 N–H and O–H groups in total. The summed E-state index contributed by atoms with van der Waals surface area (Å²) in [5, 5.41) is 3.24. The molecule has 0 amide bonds. The Kier molecular flexibility index (Phi) is 4.31. The Morgan fingerprint density at radius 1 is 1.21 bits per heavy atom. The number of nitrogens with one attached hydrogen (secondary N) is 1. The monoisotopic (exact) mass is 341 g/mol. The molecule has 0 spiro atoms. The molecule has 2 aromatic carbocycles. The molecule has 0 aliphatic heterocycles. The van der Waals surface area contributed by atoms with Gasteiger partial charge in [0.15, 0.2) is 5.13 Å². The molecule has 1 heterocycles. The molecule has 1 aromatic heterocycles. The molecule has 3 aromatic rings. The van der Waals surface area contributed by atoms with Crippen LogP contribution in [0.2, 0.25) is 0 Å². The minimum absolute atomic E-state index is 0.142. The van der Waals surface area contributed by atoms with Crippen LogP contribution in [0.5, 0.6) is 0 Å². The highest BCUT2D eigenvalue weighted by atomic mass is 32.1. The van der Waals surface area contributed by atoms with Gasteiger partial charge in [-0.15, -0.1) is 0 Å². The highest BCUT2D eigenvalue weighted by Gasteiger charge is 2.20. The zero-order valence-corrected chi connectivity index (χ0v) is 14.1. The number of para-hydroxylation sites is 1. The molecule has 0 bridgehead atoms. The number of aromatic nitrogens is 1. The maximum atomic E-state index is 13.7. The second-order valence-electron chi connectivity index (χ2n) is 5.49. The van der Waals surface area contributed by atoms with E-state index in [9.17, 15) is 9.18 Å². The standard InChI is InChI=1S/C18H16FN3OS/c1-10-7-8-12(11(2)9-10)15(23)16-17(20)22-18(24-16)21-14-6-4-3-5-13(14)19/h3-9H,20H2,1-2H3,(H,21,22). The summed E-state index contributed by atoms with van der Waals surface area (Å²) in [6.07, 6.45) is 0. The zero-order valence-electron chi connectivity index (χ0n) is 13.3. The lowest BCUT2D eigenvalue weighted by Crippen LogP contribution is -2.04. The van der Waals surface area contributed by atoms with Crippen molar-refractivity contribution < 1.29 is 9.18 Å². The van der Waals surface area contributed by atoms with Crippen molar-refractivity contribution in [2.24, 2.45) is 0 Å². The van der Waals surface area contributed by atoms with E-state index < -0.39 is 5.82 Å². The Hall–Kier alpha value is -2.73. The third-order valence-corrected chi connectivity index (χ3v) is 4.59. The van der Waals surface area contributed by atoms with Gasteiger partial charge in [-0.2, -0.15) is 0 Å². The number of anilines is 3. The molecule has 0 radical (unpaired) electrons. The third-order valence-electron chi connectivity index (χ3n) is 3.60. The van der Waals surface area contributed by atoms with Gasteiger partial charge in [0.1, 0.15) is 16.5 Å². The Morgan fingerprint density at radius 2 is 1.96 bits per heavy atom. The van der Waals surface area contributed by atoms with E-state index in [1.165, 1.54) is 6.07 Å². The minimum atomic E-state index is -0.395. The lowest BCUT2D eigenvalue weighted by Gasteiger charge is -2.04. The fourth-order valence-corrected chi connectivity index (χ4v) is 3.27. The van der Waals surface area contributed by atoms with Crippen LogP contribution in [0.3, 0.4) is 0 Å². The summed E-state index contributed by atoms with van der Waals surface area (Å²) in [5.41, 5.74) is 8.75. The summed E-state index contributed by atoms with van der Waals surface area (Å²) in [6, 6.07) is 11.9. The molecule has 4 nitrogen and oxygen atoms in total. The summed E-state index contributed by atoms with van der Waals surface area (Å²) < 4.78 is 13.7. The van der Waals surface area contributed by atoms with Gasteiger partial charge in [0.2, 0.25) is 5.78 Å². The SMILES string of the molecule is Cc1ccc(C(=O)c2sc(Nc3ccccc3F)nc2N)c(C)c1. The first-order valence-corrected chi connectivity index (χ1v) is 8.17. The molecule has 0 saturated heterocycles. The van der Waals surface area contributed by atoms with Crippen LogP contribution in [0, 0.1) is 19.7 Å². The normalized spacial score (nSPS) is 10.6. The molecule has 0 aliphatic carbocycles. The smallest absolute Gasteiger partial charge is 0.207 e. The number of nitrogens with zero attached hydrogens (tertiary/aromatic N) is 1. The summed E-state index contributed by atoms with van der Waals surface area (Å²) in [7, 11) is 0. The van der Waals surface area contributed by atoms with Crippen LogP contribution in [-0.4, -0.2) is 10.8 Å². The van der Waals surface area contributed by atoms with Crippen molar-refractivity contribution in [1.29, 1.82) is 0 Å². The number of nitrogens with two attached hydrogens (primary N) is 1. The Morgan fingerprint density at radius 3 is 2.67 bits per heavy atom. The maximum absolute atomic E-state index is 13.7. The van der Waals surface area contributed by atoms with Crippen LogP contribution < -0.4 is 11.1 Å². The van der Waals surface area contributed by atoms with Crippen LogP contribution in [0.4, 0.5) is 21.0 Å². The van der Waals surface area contributed by atoms with Crippen LogP contribution in [-0.2, 0) is 0 Å². The summed E-state index contributed by atoms with van der Waals surface area (Å²) >= 11 is 1.12. The molecule has 0 saturated carbocycles. The van der Waals surface area contributed by atoms with E-state index in [0.717, 1.165) is 22.5 Å². The number of carbonyl (C=O) groups excluding carboxylic acids is 1. The predicted octanol–water partition coefficient (Wildman–Crippen LogP) is 4.46. The van der Waals surface area contributed by atoms with Crippen molar-refractivity contribution in [1.82, 2.24) is 4.98 Å². The summed E-state index contributed by atoms with van der Waals surface area (Å²) in [6.45, 7) is 3.86. The first-order valence-electron chi connectivity index (χ1n) is 7.35. The van der Waals surface area contributed by atoms with Gasteiger partial charge in [0, 0.05) is 5.56 Å². The zero-order chi connectivity index (χ0) is 17.3. The van der Waals surface area contributed by atoms with Crippen molar-refractivity contribution in [2.45, 2.75) is 13.8 Å². The molecular formula is C18H16FN3OS. The van der Waals surface area contributed by atoms with E-state index in [1.807, 2.05) is 26.0 Å². The first kappa shape index (κ1) is 16.1.